The highest BCUT2D eigenvalue weighted by Crippen LogP contribution is 2.28. The van der Waals surface area contributed by atoms with Gasteiger partial charge in [-0.25, -0.2) is 4.98 Å². The summed E-state index contributed by atoms with van der Waals surface area (Å²) < 4.78 is 1.33. The van der Waals surface area contributed by atoms with E-state index < -0.39 is 0 Å². The molecule has 1 saturated heterocycles. The molecule has 1 aromatic heterocycles. The van der Waals surface area contributed by atoms with E-state index in [4.69, 9.17) is 4.98 Å². The maximum Gasteiger partial charge on any atom is 0.0954 e. The lowest BCUT2D eigenvalue weighted by molar-refractivity contribution is 0.602. The molecular formula is C14H18N2S. The number of hydrogen-bond donors (Lipinski definition) is 1. The smallest absolute Gasteiger partial charge is 0.0954 e. The van der Waals surface area contributed by atoms with Gasteiger partial charge in [0, 0.05) is 12.5 Å². The van der Waals surface area contributed by atoms with Crippen molar-refractivity contribution in [3.63, 3.8) is 0 Å². The van der Waals surface area contributed by atoms with Gasteiger partial charge in [0.2, 0.25) is 0 Å². The first-order valence-electron chi connectivity index (χ1n) is 6.33. The molecule has 1 aliphatic rings. The molecule has 0 saturated carbocycles. The Bertz CT molecular complexity index is 538. The Labute approximate surface area is 106 Å². The first kappa shape index (κ1) is 11.2. The highest BCUT2D eigenvalue weighted by atomic mass is 32.1. The number of benzene rings is 1. The summed E-state index contributed by atoms with van der Waals surface area (Å²) in [5.74, 6) is 0. The lowest BCUT2D eigenvalue weighted by atomic mass is 10.1. The third-order valence-electron chi connectivity index (χ3n) is 3.71. The highest BCUT2D eigenvalue weighted by Gasteiger charge is 2.17. The quantitative estimate of drug-likeness (QED) is 0.880. The molecule has 1 unspecified atom stereocenters. The molecular weight excluding hydrogens is 228 g/mol. The van der Waals surface area contributed by atoms with Gasteiger partial charge >= 0.3 is 0 Å². The molecule has 2 heterocycles. The summed E-state index contributed by atoms with van der Waals surface area (Å²) in [6, 6.07) is 5.06. The third kappa shape index (κ3) is 2.09. The second-order valence-corrected chi connectivity index (χ2v) is 6.07. The summed E-state index contributed by atoms with van der Waals surface area (Å²) in [6.45, 7) is 5.51. The highest BCUT2D eigenvalue weighted by molar-refractivity contribution is 7.18. The standard InChI is InChI=1S/C14H18N2S/c1-9-5-6-12-14(10(9)2)16-13(17-12)8-11-4-3-7-15-11/h5-6,11,15H,3-4,7-8H2,1-2H3. The first-order chi connectivity index (χ1) is 8.24. The van der Waals surface area contributed by atoms with Crippen molar-refractivity contribution in [3.05, 3.63) is 28.3 Å². The molecule has 2 aromatic rings. The molecule has 0 aliphatic carbocycles. The van der Waals surface area contributed by atoms with Gasteiger partial charge in [-0.15, -0.1) is 11.3 Å². The fourth-order valence-corrected chi connectivity index (χ4v) is 3.61. The van der Waals surface area contributed by atoms with E-state index in [-0.39, 0.29) is 0 Å². The fraction of sp³-hybridized carbons (Fsp3) is 0.500. The zero-order valence-electron chi connectivity index (χ0n) is 10.4. The van der Waals surface area contributed by atoms with Gasteiger partial charge in [0.15, 0.2) is 0 Å². The Balaban J connectivity index is 1.93. The van der Waals surface area contributed by atoms with Gasteiger partial charge in [0.05, 0.1) is 15.2 Å². The molecule has 1 N–H and O–H groups in total. The van der Waals surface area contributed by atoms with E-state index in [0.717, 1.165) is 6.42 Å². The summed E-state index contributed by atoms with van der Waals surface area (Å²) in [7, 11) is 0. The Morgan fingerprint density at radius 2 is 2.29 bits per heavy atom. The molecule has 3 rings (SSSR count). The Morgan fingerprint density at radius 3 is 3.06 bits per heavy atom. The van der Waals surface area contributed by atoms with Crippen LogP contribution < -0.4 is 5.32 Å². The Morgan fingerprint density at radius 1 is 1.41 bits per heavy atom. The van der Waals surface area contributed by atoms with Crippen molar-refractivity contribution in [2.75, 3.05) is 6.54 Å². The SMILES string of the molecule is Cc1ccc2sc(CC3CCCN3)nc2c1C. The van der Waals surface area contributed by atoms with Crippen molar-refractivity contribution in [1.82, 2.24) is 10.3 Å². The first-order valence-corrected chi connectivity index (χ1v) is 7.14. The molecule has 0 bridgehead atoms. The normalized spacial score (nSPS) is 20.2. The number of nitrogens with zero attached hydrogens (tertiary/aromatic N) is 1. The minimum Gasteiger partial charge on any atom is -0.314 e. The number of fused-ring (bicyclic) bond motifs is 1. The molecule has 1 fully saturated rings. The van der Waals surface area contributed by atoms with E-state index in [1.807, 2.05) is 11.3 Å². The van der Waals surface area contributed by atoms with Crippen LogP contribution in [0.2, 0.25) is 0 Å². The van der Waals surface area contributed by atoms with Crippen LogP contribution in [0, 0.1) is 13.8 Å². The zero-order valence-corrected chi connectivity index (χ0v) is 11.2. The van der Waals surface area contributed by atoms with Crippen molar-refractivity contribution in [2.45, 2.75) is 39.2 Å². The molecule has 1 aromatic carbocycles. The molecule has 2 nitrogen and oxygen atoms in total. The topological polar surface area (TPSA) is 24.9 Å². The summed E-state index contributed by atoms with van der Waals surface area (Å²) >= 11 is 1.86. The van der Waals surface area contributed by atoms with Crippen LogP contribution in [0.25, 0.3) is 10.2 Å². The van der Waals surface area contributed by atoms with Gasteiger partial charge < -0.3 is 5.32 Å². The lowest BCUT2D eigenvalue weighted by Gasteiger charge is -2.06. The van der Waals surface area contributed by atoms with Crippen LogP contribution >= 0.6 is 11.3 Å². The molecule has 0 spiro atoms. The number of thiazole rings is 1. The van der Waals surface area contributed by atoms with Crippen molar-refractivity contribution in [3.8, 4) is 0 Å². The van der Waals surface area contributed by atoms with Gasteiger partial charge in [0.25, 0.3) is 0 Å². The molecule has 1 atom stereocenters. The largest absolute Gasteiger partial charge is 0.314 e. The van der Waals surface area contributed by atoms with E-state index in [2.05, 4.69) is 31.3 Å². The Kier molecular flexibility index (Phi) is 2.89. The Hall–Kier alpha value is -0.930. The monoisotopic (exact) mass is 246 g/mol. The maximum absolute atomic E-state index is 4.82. The van der Waals surface area contributed by atoms with E-state index in [1.54, 1.807) is 0 Å². The average molecular weight is 246 g/mol. The molecule has 0 amide bonds. The van der Waals surface area contributed by atoms with E-state index in [0.29, 0.717) is 6.04 Å². The fourth-order valence-electron chi connectivity index (χ4n) is 2.50. The zero-order chi connectivity index (χ0) is 11.8. The van der Waals surface area contributed by atoms with Crippen LogP contribution in [0.3, 0.4) is 0 Å². The number of hydrogen-bond acceptors (Lipinski definition) is 3. The molecule has 90 valence electrons. The number of aromatic nitrogens is 1. The minimum atomic E-state index is 0.650. The lowest BCUT2D eigenvalue weighted by Crippen LogP contribution is -2.23. The van der Waals surface area contributed by atoms with E-state index in [1.165, 1.54) is 45.7 Å². The van der Waals surface area contributed by atoms with Gasteiger partial charge in [-0.3, -0.25) is 0 Å². The number of nitrogens with one attached hydrogen (secondary N) is 1. The third-order valence-corrected chi connectivity index (χ3v) is 4.76. The van der Waals surface area contributed by atoms with Crippen LogP contribution in [-0.4, -0.2) is 17.6 Å². The second kappa shape index (κ2) is 4.39. The maximum atomic E-state index is 4.82. The van der Waals surface area contributed by atoms with E-state index in [9.17, 15) is 0 Å². The van der Waals surface area contributed by atoms with Gasteiger partial charge in [0.1, 0.15) is 0 Å². The van der Waals surface area contributed by atoms with Crippen LogP contribution in [-0.2, 0) is 6.42 Å². The molecule has 1 aliphatic heterocycles. The van der Waals surface area contributed by atoms with Gasteiger partial charge in [-0.05, 0) is 50.4 Å². The molecule has 17 heavy (non-hydrogen) atoms. The number of rotatable bonds is 2. The summed E-state index contributed by atoms with van der Waals surface area (Å²) in [5, 5.41) is 4.83. The molecule has 0 radical (unpaired) electrons. The average Bonchev–Trinajstić information content (AvgIpc) is 2.93. The predicted molar refractivity (Wildman–Crippen MR) is 73.8 cm³/mol. The summed E-state index contributed by atoms with van der Waals surface area (Å²) in [5.41, 5.74) is 3.89. The van der Waals surface area contributed by atoms with Crippen LogP contribution in [0.4, 0.5) is 0 Å². The number of aryl methyl sites for hydroxylation is 2. The van der Waals surface area contributed by atoms with Crippen molar-refractivity contribution >= 4 is 21.6 Å². The van der Waals surface area contributed by atoms with Crippen molar-refractivity contribution < 1.29 is 0 Å². The van der Waals surface area contributed by atoms with Crippen LogP contribution in [0.15, 0.2) is 12.1 Å². The predicted octanol–water partition coefficient (Wildman–Crippen LogP) is 3.21. The summed E-state index contributed by atoms with van der Waals surface area (Å²) in [6.07, 6.45) is 3.71. The van der Waals surface area contributed by atoms with E-state index >= 15 is 0 Å². The van der Waals surface area contributed by atoms with Gasteiger partial charge in [-0.2, -0.15) is 0 Å². The summed E-state index contributed by atoms with van der Waals surface area (Å²) in [4.78, 5) is 4.82. The van der Waals surface area contributed by atoms with Gasteiger partial charge in [-0.1, -0.05) is 6.07 Å². The second-order valence-electron chi connectivity index (χ2n) is 4.96. The molecule has 3 heteroatoms. The van der Waals surface area contributed by atoms with Crippen LogP contribution in [0.1, 0.15) is 29.0 Å². The van der Waals surface area contributed by atoms with Crippen molar-refractivity contribution in [2.24, 2.45) is 0 Å². The van der Waals surface area contributed by atoms with Crippen molar-refractivity contribution in [1.29, 1.82) is 0 Å². The van der Waals surface area contributed by atoms with Crippen LogP contribution in [0.5, 0.6) is 0 Å². The minimum absolute atomic E-state index is 0.650.